The molecule has 0 aliphatic heterocycles. The lowest BCUT2D eigenvalue weighted by atomic mass is 10.0. The summed E-state index contributed by atoms with van der Waals surface area (Å²) in [5.41, 5.74) is 8.37. The molecule has 1 aliphatic rings. The van der Waals surface area contributed by atoms with Crippen molar-refractivity contribution in [3.8, 4) is 5.75 Å². The fraction of sp³-hybridized carbons (Fsp3) is 0.400. The van der Waals surface area contributed by atoms with E-state index < -0.39 is 34.8 Å². The number of rotatable bonds is 8. The lowest BCUT2D eigenvalue weighted by molar-refractivity contribution is -0.134. The number of ether oxygens (including phenoxy) is 1. The maximum absolute atomic E-state index is 12.2. The summed E-state index contributed by atoms with van der Waals surface area (Å²) in [5, 5.41) is 0. The van der Waals surface area contributed by atoms with Crippen LogP contribution in [0.3, 0.4) is 0 Å². The number of fused-ring (bicyclic) bond motifs is 1. The van der Waals surface area contributed by atoms with Gasteiger partial charge in [-0.25, -0.2) is 8.42 Å². The minimum Gasteiger partial charge on any atom is -0.485 e. The Morgan fingerprint density at radius 3 is 2.62 bits per heavy atom. The molecule has 0 fully saturated rings. The summed E-state index contributed by atoms with van der Waals surface area (Å²) in [7, 11) is -3.89. The summed E-state index contributed by atoms with van der Waals surface area (Å²) in [6.45, 7) is 0.449. The van der Waals surface area contributed by atoms with Crippen LogP contribution in [-0.2, 0) is 16.4 Å². The quantitative estimate of drug-likeness (QED) is 0.665. The molecule has 0 saturated carbocycles. The van der Waals surface area contributed by atoms with E-state index in [-0.39, 0.29) is 17.7 Å². The van der Waals surface area contributed by atoms with Crippen LogP contribution in [0.1, 0.15) is 30.1 Å². The van der Waals surface area contributed by atoms with Crippen LogP contribution in [0.15, 0.2) is 48.5 Å². The first-order chi connectivity index (χ1) is 13.7. The summed E-state index contributed by atoms with van der Waals surface area (Å²) >= 11 is 0. The molecule has 1 aliphatic carbocycles. The van der Waals surface area contributed by atoms with E-state index in [0.717, 1.165) is 12.0 Å². The van der Waals surface area contributed by atoms with Crippen LogP contribution in [0.2, 0.25) is 0 Å². The fourth-order valence-electron chi connectivity index (χ4n) is 3.48. The van der Waals surface area contributed by atoms with Gasteiger partial charge in [0.1, 0.15) is 11.9 Å². The molecule has 2 aromatic rings. The number of hydrogen-bond acceptors (Lipinski definition) is 4. The first-order valence-corrected chi connectivity index (χ1v) is 10.9. The van der Waals surface area contributed by atoms with Crippen molar-refractivity contribution >= 4 is 15.7 Å². The van der Waals surface area contributed by atoms with E-state index in [2.05, 4.69) is 4.72 Å². The molecule has 0 heterocycles. The van der Waals surface area contributed by atoms with Crippen LogP contribution in [0.25, 0.3) is 0 Å². The third-order valence-electron chi connectivity index (χ3n) is 4.82. The summed E-state index contributed by atoms with van der Waals surface area (Å²) in [6, 6.07) is 14.3. The zero-order valence-electron chi connectivity index (χ0n) is 15.7. The van der Waals surface area contributed by atoms with Crippen LogP contribution in [-0.4, -0.2) is 26.9 Å². The molecule has 3 N–H and O–H groups in total. The highest BCUT2D eigenvalue weighted by Crippen LogP contribution is 2.39. The molecule has 5 nitrogen and oxygen atoms in total. The molecule has 2 unspecified atom stereocenters. The molecular weight excluding hydrogens is 405 g/mol. The van der Waals surface area contributed by atoms with Gasteiger partial charge in [-0.3, -0.25) is 4.72 Å². The van der Waals surface area contributed by atoms with Crippen molar-refractivity contribution in [2.45, 2.75) is 31.5 Å². The van der Waals surface area contributed by atoms with Crippen molar-refractivity contribution in [2.75, 3.05) is 17.0 Å². The number of sulfonamides is 1. The van der Waals surface area contributed by atoms with Crippen molar-refractivity contribution in [3.05, 3.63) is 59.7 Å². The Hall–Kier alpha value is -2.26. The lowest BCUT2D eigenvalue weighted by Gasteiger charge is -2.21. The van der Waals surface area contributed by atoms with Crippen molar-refractivity contribution in [2.24, 2.45) is 11.7 Å². The Labute approximate surface area is 168 Å². The minimum absolute atomic E-state index is 0.107. The molecule has 0 amide bonds. The molecule has 0 saturated heterocycles. The van der Waals surface area contributed by atoms with Crippen LogP contribution >= 0.6 is 0 Å². The Balaban J connectivity index is 1.68. The largest absolute Gasteiger partial charge is 0.485 e. The molecule has 2 aromatic carbocycles. The van der Waals surface area contributed by atoms with Crippen molar-refractivity contribution in [1.82, 2.24) is 0 Å². The van der Waals surface area contributed by atoms with E-state index >= 15 is 0 Å². The molecular formula is C20H23F3N2O3S. The standard InChI is InChI=1S/C20H23F3N2O3S/c21-20(22,23)9-4-10-29(26,27)25-16-6-3-7-17(12-16)28-19-15(13-24)11-14-5-1-2-8-18(14)19/h1-3,5-8,12,15,19,25H,4,9-11,13,24H2. The van der Waals surface area contributed by atoms with Gasteiger partial charge < -0.3 is 10.5 Å². The van der Waals surface area contributed by atoms with Crippen molar-refractivity contribution < 1.29 is 26.3 Å². The average molecular weight is 428 g/mol. The van der Waals surface area contributed by atoms with E-state index in [1.165, 1.54) is 17.7 Å². The van der Waals surface area contributed by atoms with Gasteiger partial charge in [0, 0.05) is 18.4 Å². The number of alkyl halides is 3. The van der Waals surface area contributed by atoms with Gasteiger partial charge in [0.25, 0.3) is 0 Å². The summed E-state index contributed by atoms with van der Waals surface area (Å²) in [5.74, 6) is -0.0428. The number of anilines is 1. The Morgan fingerprint density at radius 2 is 1.90 bits per heavy atom. The monoisotopic (exact) mass is 428 g/mol. The number of benzene rings is 2. The number of nitrogens with one attached hydrogen (secondary N) is 1. The SMILES string of the molecule is NCC1Cc2ccccc2C1Oc1cccc(NS(=O)(=O)CCCC(F)(F)F)c1. The van der Waals surface area contributed by atoms with Gasteiger partial charge in [-0.15, -0.1) is 0 Å². The smallest absolute Gasteiger partial charge is 0.389 e. The molecule has 0 bridgehead atoms. The summed E-state index contributed by atoms with van der Waals surface area (Å²) in [4.78, 5) is 0. The van der Waals surface area contributed by atoms with Gasteiger partial charge in [-0.2, -0.15) is 13.2 Å². The lowest BCUT2D eigenvalue weighted by Crippen LogP contribution is -2.22. The molecule has 0 spiro atoms. The van der Waals surface area contributed by atoms with Gasteiger partial charge in [-0.1, -0.05) is 30.3 Å². The minimum atomic E-state index is -4.37. The normalized spacial score (nSPS) is 19.0. The highest BCUT2D eigenvalue weighted by molar-refractivity contribution is 7.92. The molecule has 158 valence electrons. The molecule has 29 heavy (non-hydrogen) atoms. The zero-order valence-corrected chi connectivity index (χ0v) is 16.5. The van der Waals surface area contributed by atoms with Crippen molar-refractivity contribution in [3.63, 3.8) is 0 Å². The predicted octanol–water partition coefficient (Wildman–Crippen LogP) is 4.02. The Bertz CT molecular complexity index is 948. The highest BCUT2D eigenvalue weighted by Gasteiger charge is 2.33. The first-order valence-electron chi connectivity index (χ1n) is 9.29. The molecule has 2 atom stereocenters. The van der Waals surface area contributed by atoms with Crippen LogP contribution in [0.5, 0.6) is 5.75 Å². The first kappa shape index (κ1) is 21.4. The number of halogens is 3. The van der Waals surface area contributed by atoms with Gasteiger partial charge >= 0.3 is 6.18 Å². The second kappa shape index (κ2) is 8.62. The third kappa shape index (κ3) is 5.86. The molecule has 3 rings (SSSR count). The maximum Gasteiger partial charge on any atom is 0.389 e. The van der Waals surface area contributed by atoms with E-state index in [4.69, 9.17) is 10.5 Å². The van der Waals surface area contributed by atoms with Gasteiger partial charge in [0.2, 0.25) is 10.0 Å². The zero-order chi connectivity index (χ0) is 21.1. The number of nitrogens with two attached hydrogens (primary N) is 1. The second-order valence-corrected chi connectivity index (χ2v) is 8.95. The topological polar surface area (TPSA) is 81.4 Å². The highest BCUT2D eigenvalue weighted by atomic mass is 32.2. The van der Waals surface area contributed by atoms with Gasteiger partial charge in [0.15, 0.2) is 0 Å². The van der Waals surface area contributed by atoms with Crippen LogP contribution in [0, 0.1) is 5.92 Å². The van der Waals surface area contributed by atoms with Crippen LogP contribution < -0.4 is 15.2 Å². The Kier molecular flexibility index (Phi) is 6.38. The van der Waals surface area contributed by atoms with E-state index in [9.17, 15) is 21.6 Å². The van der Waals surface area contributed by atoms with Gasteiger partial charge in [0.05, 0.1) is 11.4 Å². The molecule has 0 radical (unpaired) electrons. The van der Waals surface area contributed by atoms with Crippen LogP contribution in [0.4, 0.5) is 18.9 Å². The number of hydrogen-bond donors (Lipinski definition) is 2. The third-order valence-corrected chi connectivity index (χ3v) is 6.19. The van der Waals surface area contributed by atoms with Gasteiger partial charge in [-0.05, 0) is 42.6 Å². The summed E-state index contributed by atoms with van der Waals surface area (Å²) in [6.07, 6.45) is -5.44. The average Bonchev–Trinajstić information content (AvgIpc) is 2.98. The second-order valence-electron chi connectivity index (χ2n) is 7.10. The Morgan fingerprint density at radius 1 is 1.14 bits per heavy atom. The van der Waals surface area contributed by atoms with E-state index in [0.29, 0.717) is 12.3 Å². The predicted molar refractivity (Wildman–Crippen MR) is 105 cm³/mol. The fourth-order valence-corrected chi connectivity index (χ4v) is 4.59. The maximum atomic E-state index is 12.2. The molecule has 0 aromatic heterocycles. The molecule has 9 heteroatoms. The van der Waals surface area contributed by atoms with Crippen molar-refractivity contribution in [1.29, 1.82) is 0 Å². The summed E-state index contributed by atoms with van der Waals surface area (Å²) < 4.78 is 69.3. The van der Waals surface area contributed by atoms with E-state index in [1.807, 2.05) is 24.3 Å². The van der Waals surface area contributed by atoms with E-state index in [1.54, 1.807) is 12.1 Å².